The van der Waals surface area contributed by atoms with Gasteiger partial charge in [0, 0.05) is 0 Å². The fraction of sp³-hybridized carbons (Fsp3) is 0. The molecule has 0 radical (unpaired) electrons. The predicted molar refractivity (Wildman–Crippen MR) is 117 cm³/mol. The van der Waals surface area contributed by atoms with Gasteiger partial charge in [-0.1, -0.05) is 0 Å². The van der Waals surface area contributed by atoms with Crippen molar-refractivity contribution in [3.05, 3.63) is 125 Å². The third-order valence-electron chi connectivity index (χ3n) is 4.86. The smallest absolute Gasteiger partial charge is 0.112 e. The van der Waals surface area contributed by atoms with Crippen molar-refractivity contribution < 1.29 is 33.8 Å². The van der Waals surface area contributed by atoms with Crippen LogP contribution in [0.2, 0.25) is 0 Å². The van der Waals surface area contributed by atoms with Gasteiger partial charge in [-0.2, -0.15) is 0 Å². The van der Waals surface area contributed by atoms with E-state index >= 15 is 0 Å². The number of nitro benzene ring substituents is 1. The molecule has 0 aliphatic carbocycles. The second kappa shape index (κ2) is 10.7. The van der Waals surface area contributed by atoms with E-state index in [2.05, 4.69) is 72.8 Å². The number of benzene rings is 4. The zero-order chi connectivity index (χ0) is 23.9. The molecule has 0 saturated heterocycles. The third-order valence-corrected chi connectivity index (χ3v) is 13.8. The van der Waals surface area contributed by atoms with Gasteiger partial charge in [-0.15, -0.1) is 10.2 Å². The average molecular weight is 528 g/mol. The zero-order valence-corrected chi connectivity index (χ0v) is 19.8. The van der Waals surface area contributed by atoms with Gasteiger partial charge in [0.1, 0.15) is 0 Å². The van der Waals surface area contributed by atoms with Gasteiger partial charge in [-0.3, -0.25) is 0 Å². The molecule has 0 unspecified atom stereocenters. The molecule has 0 saturated carbocycles. The largest absolute Gasteiger partial charge is 0.222 e. The van der Waals surface area contributed by atoms with Gasteiger partial charge in [0.2, 0.25) is 0 Å². The van der Waals surface area contributed by atoms with E-state index in [9.17, 15) is 10.1 Å². The van der Waals surface area contributed by atoms with Crippen LogP contribution < -0.4 is 36.0 Å². The Morgan fingerprint density at radius 3 is 1.21 bits per heavy atom. The molecular formula is C24H19AsClNO6. The molecule has 7 nitrogen and oxygen atoms in total. The molecule has 0 N–H and O–H groups in total. The summed E-state index contributed by atoms with van der Waals surface area (Å²) in [6, 6.07) is 38.5. The maximum Gasteiger partial charge on any atom is -0.112 e. The molecule has 4 rings (SSSR count). The summed E-state index contributed by atoms with van der Waals surface area (Å²) in [5, 5.41) is 11.5. The minimum absolute atomic E-state index is 0.131. The number of nitrogens with zero attached hydrogens (tertiary/aromatic N) is 1. The third kappa shape index (κ3) is 6.06. The molecule has 4 aromatic carbocycles. The van der Waals surface area contributed by atoms with E-state index in [1.165, 1.54) is 13.1 Å². The molecule has 0 spiro atoms. The summed E-state index contributed by atoms with van der Waals surface area (Å²) in [5.41, 5.74) is 0.131. The number of non-ortho nitro benzene ring substituents is 1. The van der Waals surface area contributed by atoms with Crippen LogP contribution in [0.4, 0.5) is 5.69 Å². The van der Waals surface area contributed by atoms with E-state index in [0.717, 1.165) is 4.35 Å². The van der Waals surface area contributed by atoms with E-state index in [1.807, 2.05) is 24.3 Å². The number of nitro groups is 1. The Balaban J connectivity index is 0.000000555. The van der Waals surface area contributed by atoms with Crippen LogP contribution in [0.15, 0.2) is 115 Å². The Kier molecular flexibility index (Phi) is 8.00. The summed E-state index contributed by atoms with van der Waals surface area (Å²) in [7, 11) is -4.94. The molecule has 0 aliphatic rings. The molecule has 33 heavy (non-hydrogen) atoms. The van der Waals surface area contributed by atoms with E-state index in [-0.39, 0.29) is 10.6 Å². The van der Waals surface area contributed by atoms with Crippen molar-refractivity contribution in [2.75, 3.05) is 0 Å². The molecule has 0 aromatic heterocycles. The van der Waals surface area contributed by atoms with Crippen LogP contribution in [0.3, 0.4) is 0 Å². The van der Waals surface area contributed by atoms with Gasteiger partial charge < -0.3 is 0 Å². The van der Waals surface area contributed by atoms with Gasteiger partial charge in [0.15, 0.2) is 0 Å². The van der Waals surface area contributed by atoms with E-state index in [1.54, 1.807) is 18.2 Å². The number of hydrogen-bond donors (Lipinski definition) is 0. The summed E-state index contributed by atoms with van der Waals surface area (Å²) in [6.45, 7) is 0. The van der Waals surface area contributed by atoms with E-state index < -0.39 is 23.8 Å². The predicted octanol–water partition coefficient (Wildman–Crippen LogP) is -1.78. The first-order valence-electron chi connectivity index (χ1n) is 9.65. The van der Waals surface area contributed by atoms with Crippen molar-refractivity contribution in [3.8, 4) is 0 Å². The summed E-state index contributed by atoms with van der Waals surface area (Å²) < 4.78 is 38.7. The minimum Gasteiger partial charge on any atom is -0.222 e. The van der Waals surface area contributed by atoms with Crippen LogP contribution in [0.5, 0.6) is 0 Å². The normalized spacial score (nSPS) is 11.3. The number of rotatable bonds is 5. The molecule has 0 bridgehead atoms. The summed E-state index contributed by atoms with van der Waals surface area (Å²) in [5.74, 6) is 0. The van der Waals surface area contributed by atoms with Gasteiger partial charge in [-0.25, -0.2) is 18.6 Å². The first-order valence-corrected chi connectivity index (χ1v) is 14.6. The van der Waals surface area contributed by atoms with Crippen LogP contribution in [0, 0.1) is 20.4 Å². The minimum atomic E-state index is -4.94. The second-order valence-corrected chi connectivity index (χ2v) is 14.7. The molecule has 0 fully saturated rings. The number of hydrogen-bond acceptors (Lipinski definition) is 6. The van der Waals surface area contributed by atoms with Crippen molar-refractivity contribution in [1.82, 2.24) is 0 Å². The summed E-state index contributed by atoms with van der Waals surface area (Å²) in [6.07, 6.45) is 0. The maximum absolute atomic E-state index is 11.5. The van der Waals surface area contributed by atoms with E-state index in [4.69, 9.17) is 18.6 Å². The first-order chi connectivity index (χ1) is 15.7. The summed E-state index contributed by atoms with van der Waals surface area (Å²) >= 11 is -3.16. The van der Waals surface area contributed by atoms with Crippen molar-refractivity contribution in [2.24, 2.45) is 0 Å². The van der Waals surface area contributed by atoms with Gasteiger partial charge >= 0.3 is 167 Å². The Morgan fingerprint density at radius 1 is 0.545 bits per heavy atom. The fourth-order valence-corrected chi connectivity index (χ4v) is 12.6. The van der Waals surface area contributed by atoms with Crippen LogP contribution in [-0.2, 0) is 0 Å². The molecule has 0 aliphatic heterocycles. The van der Waals surface area contributed by atoms with Crippen molar-refractivity contribution in [1.29, 1.82) is 0 Å². The van der Waals surface area contributed by atoms with E-state index in [0.29, 0.717) is 0 Å². The molecule has 0 heterocycles. The zero-order valence-electron chi connectivity index (χ0n) is 17.2. The van der Waals surface area contributed by atoms with Crippen molar-refractivity contribution >= 4 is 36.6 Å². The van der Waals surface area contributed by atoms with Crippen LogP contribution in [-0.4, -0.2) is 18.5 Å². The molecule has 0 atom stereocenters. The van der Waals surface area contributed by atoms with Crippen molar-refractivity contribution in [3.63, 3.8) is 0 Å². The average Bonchev–Trinajstić information content (AvgIpc) is 2.81. The fourth-order valence-electron chi connectivity index (χ4n) is 3.66. The van der Waals surface area contributed by atoms with Crippen LogP contribution in [0.25, 0.3) is 0 Å². The molecule has 9 heteroatoms. The van der Waals surface area contributed by atoms with Gasteiger partial charge in [0.25, 0.3) is 0 Å². The topological polar surface area (TPSA) is 135 Å². The van der Waals surface area contributed by atoms with Crippen LogP contribution in [0.1, 0.15) is 0 Å². The maximum atomic E-state index is 11.5. The Morgan fingerprint density at radius 2 is 0.879 bits per heavy atom. The molecule has 0 amide bonds. The molecule has 168 valence electrons. The standard InChI is InChI=1S/C24H19AsNO2.ClHO4/c27-26(28)24-18-10-17-23(19-24)25(20-11-4-1-5-12-20,21-13-6-2-7-14-21)22-15-8-3-9-16-22;2-1(3,4)5/h1-19H;(H,2,3,4,5)/q+1;/p-1. The SMILES string of the molecule is O=[N+]([O-])c1cccc([As+](c2ccccc2)(c2ccccc2)c2ccccc2)c1.[O-][Cl+3]([O-])([O-])[O-]. The number of halogens is 1. The summed E-state index contributed by atoms with van der Waals surface area (Å²) in [4.78, 5) is 11.2. The first kappa shape index (κ1) is 24.6. The van der Waals surface area contributed by atoms with Crippen LogP contribution >= 0.6 is 0 Å². The molecular weight excluding hydrogens is 509 g/mol. The molecule has 4 aromatic rings. The monoisotopic (exact) mass is 527 g/mol. The quantitative estimate of drug-likeness (QED) is 0.171. The Labute approximate surface area is 195 Å². The van der Waals surface area contributed by atoms with Gasteiger partial charge in [-0.05, 0) is 0 Å². The Bertz CT molecular complexity index is 1090. The van der Waals surface area contributed by atoms with Crippen molar-refractivity contribution in [2.45, 2.75) is 0 Å². The Hall–Kier alpha value is -3.03. The second-order valence-electron chi connectivity index (χ2n) is 6.83. The van der Waals surface area contributed by atoms with Gasteiger partial charge in [0.05, 0.1) is 0 Å².